The third kappa shape index (κ3) is 5.14. The highest BCUT2D eigenvalue weighted by Gasteiger charge is 2.36. The van der Waals surface area contributed by atoms with Crippen LogP contribution in [0.1, 0.15) is 42.5 Å². The monoisotopic (exact) mass is 386 g/mol. The number of aryl methyl sites for hydroxylation is 2. The number of nitrogens with zero attached hydrogens (tertiary/aromatic N) is 4. The minimum atomic E-state index is -4.66. The number of hydrogen-bond acceptors (Lipinski definition) is 5. The number of carbonyl (C=O) groups excluding carboxylic acids is 2. The maximum Gasteiger partial charge on any atom is 0.453 e. The van der Waals surface area contributed by atoms with Crippen molar-refractivity contribution >= 4 is 17.6 Å². The standard InChI is InChI=1S/C16H21F3N6O2/c1-4-7-20-13(27)8-21-12(26)6-5-11-9(2)22-15-23-14(16(17,18)19)24-25(15)10(11)3/h4-8H2,1-3H3,(H,20,27)(H,21,26). The van der Waals surface area contributed by atoms with E-state index in [4.69, 9.17) is 0 Å². The topological polar surface area (TPSA) is 101 Å². The molecule has 0 unspecified atom stereocenters. The van der Waals surface area contributed by atoms with Crippen molar-refractivity contribution in [1.82, 2.24) is 30.2 Å². The number of halogens is 3. The van der Waals surface area contributed by atoms with Gasteiger partial charge in [-0.3, -0.25) is 9.59 Å². The van der Waals surface area contributed by atoms with Crippen molar-refractivity contribution < 1.29 is 22.8 Å². The molecule has 0 saturated carbocycles. The lowest BCUT2D eigenvalue weighted by molar-refractivity contribution is -0.144. The van der Waals surface area contributed by atoms with Gasteiger partial charge in [-0.15, -0.1) is 5.10 Å². The van der Waals surface area contributed by atoms with Gasteiger partial charge in [0, 0.05) is 24.4 Å². The Morgan fingerprint density at radius 1 is 1.11 bits per heavy atom. The van der Waals surface area contributed by atoms with Gasteiger partial charge in [-0.25, -0.2) is 9.50 Å². The molecule has 0 atom stereocenters. The van der Waals surface area contributed by atoms with E-state index in [1.807, 2.05) is 6.92 Å². The van der Waals surface area contributed by atoms with Crippen LogP contribution in [0.5, 0.6) is 0 Å². The average Bonchev–Trinajstić information content (AvgIpc) is 3.02. The fraction of sp³-hybridized carbons (Fsp3) is 0.562. The minimum Gasteiger partial charge on any atom is -0.355 e. The van der Waals surface area contributed by atoms with E-state index in [9.17, 15) is 22.8 Å². The van der Waals surface area contributed by atoms with Crippen molar-refractivity contribution in [2.24, 2.45) is 0 Å². The first kappa shape index (κ1) is 20.6. The van der Waals surface area contributed by atoms with Crippen molar-refractivity contribution in [2.45, 2.75) is 46.2 Å². The molecule has 8 nitrogen and oxygen atoms in total. The first-order chi connectivity index (χ1) is 12.6. The molecular formula is C16H21F3N6O2. The van der Waals surface area contributed by atoms with Crippen LogP contribution < -0.4 is 10.6 Å². The van der Waals surface area contributed by atoms with Crippen LogP contribution in [0.3, 0.4) is 0 Å². The van der Waals surface area contributed by atoms with Crippen LogP contribution in [-0.2, 0) is 22.2 Å². The van der Waals surface area contributed by atoms with Crippen molar-refractivity contribution in [1.29, 1.82) is 0 Å². The fourth-order valence-corrected chi connectivity index (χ4v) is 2.52. The summed E-state index contributed by atoms with van der Waals surface area (Å²) in [6.45, 7) is 5.58. The lowest BCUT2D eigenvalue weighted by Crippen LogP contribution is -2.37. The highest BCUT2D eigenvalue weighted by Crippen LogP contribution is 2.27. The van der Waals surface area contributed by atoms with E-state index in [1.165, 1.54) is 0 Å². The molecule has 0 aromatic carbocycles. The number of hydrogen-bond donors (Lipinski definition) is 2. The molecule has 27 heavy (non-hydrogen) atoms. The summed E-state index contributed by atoms with van der Waals surface area (Å²) >= 11 is 0. The smallest absolute Gasteiger partial charge is 0.355 e. The zero-order valence-corrected chi connectivity index (χ0v) is 15.3. The number of rotatable bonds is 7. The van der Waals surface area contributed by atoms with Crippen molar-refractivity contribution in [2.75, 3.05) is 13.1 Å². The Bertz CT molecular complexity index is 847. The number of aromatic nitrogens is 4. The summed E-state index contributed by atoms with van der Waals surface area (Å²) in [5.74, 6) is -2.01. The van der Waals surface area contributed by atoms with E-state index in [1.54, 1.807) is 13.8 Å². The van der Waals surface area contributed by atoms with Crippen LogP contribution >= 0.6 is 0 Å². The van der Waals surface area contributed by atoms with Crippen LogP contribution in [0.15, 0.2) is 0 Å². The molecule has 2 aromatic rings. The van der Waals surface area contributed by atoms with Gasteiger partial charge in [0.15, 0.2) is 0 Å². The fourth-order valence-electron chi connectivity index (χ4n) is 2.52. The number of amides is 2. The van der Waals surface area contributed by atoms with Crippen molar-refractivity contribution in [3.63, 3.8) is 0 Å². The Morgan fingerprint density at radius 2 is 1.81 bits per heavy atom. The molecule has 0 fully saturated rings. The van der Waals surface area contributed by atoms with Gasteiger partial charge in [-0.2, -0.15) is 18.2 Å². The molecule has 0 radical (unpaired) electrons. The quantitative estimate of drug-likeness (QED) is 0.748. The molecule has 0 aliphatic rings. The third-order valence-corrected chi connectivity index (χ3v) is 3.92. The van der Waals surface area contributed by atoms with Gasteiger partial charge in [0.1, 0.15) is 0 Å². The summed E-state index contributed by atoms with van der Waals surface area (Å²) in [6.07, 6.45) is -3.54. The second-order valence-electron chi connectivity index (χ2n) is 6.03. The Kier molecular flexibility index (Phi) is 6.34. The molecule has 0 aliphatic heterocycles. The predicted octanol–water partition coefficient (Wildman–Crippen LogP) is 1.33. The first-order valence-electron chi connectivity index (χ1n) is 8.47. The normalized spacial score (nSPS) is 11.6. The minimum absolute atomic E-state index is 0.0662. The second kappa shape index (κ2) is 8.31. The molecule has 0 spiro atoms. The molecule has 2 amide bonds. The van der Waals surface area contributed by atoms with E-state index in [0.717, 1.165) is 10.9 Å². The zero-order valence-electron chi connectivity index (χ0n) is 15.3. The van der Waals surface area contributed by atoms with Gasteiger partial charge in [-0.1, -0.05) is 6.92 Å². The Hall–Kier alpha value is -2.72. The summed E-state index contributed by atoms with van der Waals surface area (Å²) in [7, 11) is 0. The van der Waals surface area contributed by atoms with E-state index >= 15 is 0 Å². The van der Waals surface area contributed by atoms with Crippen LogP contribution in [-0.4, -0.2) is 44.5 Å². The number of carbonyl (C=O) groups is 2. The van der Waals surface area contributed by atoms with Gasteiger partial charge in [0.25, 0.3) is 11.6 Å². The third-order valence-electron chi connectivity index (χ3n) is 3.92. The summed E-state index contributed by atoms with van der Waals surface area (Å²) in [6, 6.07) is 0. The maximum atomic E-state index is 12.8. The Labute approximate surface area is 153 Å². The lowest BCUT2D eigenvalue weighted by Gasteiger charge is -2.10. The second-order valence-corrected chi connectivity index (χ2v) is 6.03. The summed E-state index contributed by atoms with van der Waals surface area (Å²) < 4.78 is 39.4. The molecule has 2 rings (SSSR count). The molecule has 2 aromatic heterocycles. The Balaban J connectivity index is 2.06. The predicted molar refractivity (Wildman–Crippen MR) is 89.9 cm³/mol. The first-order valence-corrected chi connectivity index (χ1v) is 8.47. The molecule has 2 N–H and O–H groups in total. The van der Waals surface area contributed by atoms with Crippen LogP contribution in [0.2, 0.25) is 0 Å². The van der Waals surface area contributed by atoms with Crippen LogP contribution in [0.4, 0.5) is 13.2 Å². The van der Waals surface area contributed by atoms with E-state index < -0.39 is 12.0 Å². The van der Waals surface area contributed by atoms with Crippen molar-refractivity contribution in [3.05, 3.63) is 22.8 Å². The molecule has 0 saturated heterocycles. The molecular weight excluding hydrogens is 365 g/mol. The van der Waals surface area contributed by atoms with Gasteiger partial charge in [0.2, 0.25) is 11.8 Å². The molecule has 11 heteroatoms. The van der Waals surface area contributed by atoms with Gasteiger partial charge in [0.05, 0.1) is 6.54 Å². The largest absolute Gasteiger partial charge is 0.453 e. The maximum absolute atomic E-state index is 12.8. The molecule has 148 valence electrons. The van der Waals surface area contributed by atoms with Crippen LogP contribution in [0, 0.1) is 13.8 Å². The lowest BCUT2D eigenvalue weighted by atomic mass is 10.1. The SMILES string of the molecule is CCCNC(=O)CNC(=O)CCc1c(C)nc2nc(C(F)(F)F)nn2c1C. The number of alkyl halides is 3. The summed E-state index contributed by atoms with van der Waals surface area (Å²) in [5.41, 5.74) is 1.54. The van der Waals surface area contributed by atoms with Gasteiger partial charge in [-0.05, 0) is 32.3 Å². The highest BCUT2D eigenvalue weighted by molar-refractivity contribution is 5.84. The molecule has 2 heterocycles. The van der Waals surface area contributed by atoms with E-state index in [-0.39, 0.29) is 37.0 Å². The van der Waals surface area contributed by atoms with E-state index in [2.05, 4.69) is 25.7 Å². The summed E-state index contributed by atoms with van der Waals surface area (Å²) in [5, 5.41) is 8.61. The van der Waals surface area contributed by atoms with Gasteiger partial charge >= 0.3 is 6.18 Å². The van der Waals surface area contributed by atoms with Gasteiger partial charge < -0.3 is 10.6 Å². The summed E-state index contributed by atoms with van der Waals surface area (Å²) in [4.78, 5) is 30.9. The Morgan fingerprint density at radius 3 is 2.44 bits per heavy atom. The molecule has 0 bridgehead atoms. The number of nitrogens with one attached hydrogen (secondary N) is 2. The number of fused-ring (bicyclic) bond motifs is 1. The highest BCUT2D eigenvalue weighted by atomic mass is 19.4. The van der Waals surface area contributed by atoms with E-state index in [0.29, 0.717) is 23.5 Å². The average molecular weight is 386 g/mol. The van der Waals surface area contributed by atoms with Crippen LogP contribution in [0.25, 0.3) is 5.78 Å². The zero-order chi connectivity index (χ0) is 20.2. The molecule has 0 aliphatic carbocycles. The van der Waals surface area contributed by atoms with Crippen molar-refractivity contribution in [3.8, 4) is 0 Å².